The van der Waals surface area contributed by atoms with Crippen molar-refractivity contribution < 1.29 is 4.74 Å². The monoisotopic (exact) mass is 282 g/mol. The van der Waals surface area contributed by atoms with Gasteiger partial charge in [0.15, 0.2) is 0 Å². The number of nitrogens with zero attached hydrogens (tertiary/aromatic N) is 1. The average molecular weight is 282 g/mol. The molecular formula is C17H34N2O. The molecule has 1 heterocycles. The Morgan fingerprint density at radius 1 is 1.20 bits per heavy atom. The number of ether oxygens (including phenoxy) is 1. The summed E-state index contributed by atoms with van der Waals surface area (Å²) in [5, 5.41) is 3.71. The lowest BCUT2D eigenvalue weighted by atomic mass is 9.78. The molecule has 1 spiro atoms. The van der Waals surface area contributed by atoms with E-state index in [-0.39, 0.29) is 0 Å². The van der Waals surface area contributed by atoms with Crippen LogP contribution in [0.5, 0.6) is 0 Å². The third-order valence-electron chi connectivity index (χ3n) is 5.07. The fourth-order valence-electron chi connectivity index (χ4n) is 3.69. The normalized spacial score (nSPS) is 27.3. The van der Waals surface area contributed by atoms with E-state index in [1.165, 1.54) is 51.6 Å². The number of rotatable bonds is 6. The van der Waals surface area contributed by atoms with E-state index >= 15 is 0 Å². The Morgan fingerprint density at radius 2 is 1.95 bits per heavy atom. The zero-order valence-electron chi connectivity index (χ0n) is 13.8. The molecule has 1 atom stereocenters. The second kappa shape index (κ2) is 7.77. The predicted molar refractivity (Wildman–Crippen MR) is 85.1 cm³/mol. The van der Waals surface area contributed by atoms with Gasteiger partial charge in [0.1, 0.15) is 0 Å². The highest BCUT2D eigenvalue weighted by molar-refractivity contribution is 4.99. The molecular weight excluding hydrogens is 248 g/mol. The summed E-state index contributed by atoms with van der Waals surface area (Å²) in [6.45, 7) is 12.1. The maximum absolute atomic E-state index is 5.85. The highest BCUT2D eigenvalue weighted by Gasteiger charge is 2.40. The minimum absolute atomic E-state index is 0.437. The molecule has 3 heteroatoms. The molecule has 3 nitrogen and oxygen atoms in total. The SMILES string of the molecule is CC(C)CCOCCN1CC(C)NCC12CCCCC2. The van der Waals surface area contributed by atoms with Gasteiger partial charge in [-0.05, 0) is 32.1 Å². The summed E-state index contributed by atoms with van der Waals surface area (Å²) in [5.41, 5.74) is 0.437. The van der Waals surface area contributed by atoms with Gasteiger partial charge in [-0.3, -0.25) is 4.90 Å². The first kappa shape index (κ1) is 16.3. The van der Waals surface area contributed by atoms with Crippen LogP contribution >= 0.6 is 0 Å². The van der Waals surface area contributed by atoms with Gasteiger partial charge in [0.2, 0.25) is 0 Å². The van der Waals surface area contributed by atoms with Gasteiger partial charge in [0.05, 0.1) is 6.61 Å². The van der Waals surface area contributed by atoms with Crippen LogP contribution in [0.1, 0.15) is 59.3 Å². The van der Waals surface area contributed by atoms with E-state index in [9.17, 15) is 0 Å². The van der Waals surface area contributed by atoms with Crippen molar-refractivity contribution in [2.75, 3.05) is 32.8 Å². The second-order valence-electron chi connectivity index (χ2n) is 7.31. The Balaban J connectivity index is 1.79. The van der Waals surface area contributed by atoms with Crippen molar-refractivity contribution in [1.29, 1.82) is 0 Å². The third kappa shape index (κ3) is 4.44. The van der Waals surface area contributed by atoms with E-state index in [0.29, 0.717) is 11.6 Å². The highest BCUT2D eigenvalue weighted by atomic mass is 16.5. The second-order valence-corrected chi connectivity index (χ2v) is 7.31. The van der Waals surface area contributed by atoms with Crippen molar-refractivity contribution in [3.63, 3.8) is 0 Å². The first-order valence-corrected chi connectivity index (χ1v) is 8.68. The minimum Gasteiger partial charge on any atom is -0.380 e. The van der Waals surface area contributed by atoms with Crippen LogP contribution in [0.3, 0.4) is 0 Å². The zero-order chi connectivity index (χ0) is 14.4. The lowest BCUT2D eigenvalue weighted by molar-refractivity contribution is -0.0102. The third-order valence-corrected chi connectivity index (χ3v) is 5.07. The van der Waals surface area contributed by atoms with Crippen LogP contribution in [0.4, 0.5) is 0 Å². The summed E-state index contributed by atoms with van der Waals surface area (Å²) in [5.74, 6) is 0.749. The first-order valence-electron chi connectivity index (χ1n) is 8.68. The summed E-state index contributed by atoms with van der Waals surface area (Å²) >= 11 is 0. The summed E-state index contributed by atoms with van der Waals surface area (Å²) < 4.78 is 5.85. The standard InChI is InChI=1S/C17H34N2O/c1-15(2)7-11-20-12-10-19-13-16(3)18-14-17(19)8-5-4-6-9-17/h15-16,18H,4-14H2,1-3H3. The number of hydrogen-bond acceptors (Lipinski definition) is 3. The maximum Gasteiger partial charge on any atom is 0.0593 e. The molecule has 0 aromatic carbocycles. The molecule has 1 unspecified atom stereocenters. The van der Waals surface area contributed by atoms with Crippen LogP contribution in [-0.2, 0) is 4.74 Å². The molecule has 0 aromatic heterocycles. The van der Waals surface area contributed by atoms with E-state index in [1.54, 1.807) is 0 Å². The summed E-state index contributed by atoms with van der Waals surface area (Å²) in [4.78, 5) is 2.74. The Labute approximate surface area is 125 Å². The molecule has 1 N–H and O–H groups in total. The molecule has 1 saturated heterocycles. The fraction of sp³-hybridized carbons (Fsp3) is 1.00. The highest BCUT2D eigenvalue weighted by Crippen LogP contribution is 2.35. The van der Waals surface area contributed by atoms with Gasteiger partial charge in [-0.2, -0.15) is 0 Å². The van der Waals surface area contributed by atoms with Gasteiger partial charge in [0, 0.05) is 37.8 Å². The first-order chi connectivity index (χ1) is 9.62. The van der Waals surface area contributed by atoms with Gasteiger partial charge < -0.3 is 10.1 Å². The van der Waals surface area contributed by atoms with Gasteiger partial charge in [-0.25, -0.2) is 0 Å². The topological polar surface area (TPSA) is 24.5 Å². The molecule has 2 rings (SSSR count). The van der Waals surface area contributed by atoms with Crippen LogP contribution in [0.2, 0.25) is 0 Å². The molecule has 1 saturated carbocycles. The quantitative estimate of drug-likeness (QED) is 0.758. The maximum atomic E-state index is 5.85. The van der Waals surface area contributed by atoms with Crippen molar-refractivity contribution >= 4 is 0 Å². The van der Waals surface area contributed by atoms with Crippen LogP contribution in [0.15, 0.2) is 0 Å². The Kier molecular flexibility index (Phi) is 6.31. The molecule has 118 valence electrons. The summed E-state index contributed by atoms with van der Waals surface area (Å²) in [7, 11) is 0. The van der Waals surface area contributed by atoms with E-state index in [1.807, 2.05) is 0 Å². The van der Waals surface area contributed by atoms with E-state index < -0.39 is 0 Å². The molecule has 2 fully saturated rings. The van der Waals surface area contributed by atoms with Crippen LogP contribution < -0.4 is 5.32 Å². The average Bonchev–Trinajstić information content (AvgIpc) is 2.43. The number of hydrogen-bond donors (Lipinski definition) is 1. The molecule has 0 bridgehead atoms. The molecule has 0 amide bonds. The lowest BCUT2D eigenvalue weighted by Crippen LogP contribution is -2.65. The van der Waals surface area contributed by atoms with Gasteiger partial charge in [-0.1, -0.05) is 33.1 Å². The molecule has 1 aliphatic heterocycles. The fourth-order valence-corrected chi connectivity index (χ4v) is 3.69. The van der Waals surface area contributed by atoms with E-state index in [2.05, 4.69) is 31.0 Å². The van der Waals surface area contributed by atoms with Gasteiger partial charge >= 0.3 is 0 Å². The zero-order valence-corrected chi connectivity index (χ0v) is 13.8. The van der Waals surface area contributed by atoms with Crippen LogP contribution in [0, 0.1) is 5.92 Å². The molecule has 0 aromatic rings. The molecule has 1 aliphatic carbocycles. The Hall–Kier alpha value is -0.120. The van der Waals surface area contributed by atoms with Crippen molar-refractivity contribution in [2.45, 2.75) is 70.9 Å². The van der Waals surface area contributed by atoms with Crippen LogP contribution in [-0.4, -0.2) is 49.3 Å². The Bertz CT molecular complexity index is 274. The van der Waals surface area contributed by atoms with E-state index in [4.69, 9.17) is 4.74 Å². The molecule has 2 aliphatic rings. The summed E-state index contributed by atoms with van der Waals surface area (Å²) in [6, 6.07) is 0.623. The van der Waals surface area contributed by atoms with Gasteiger partial charge in [0.25, 0.3) is 0 Å². The number of piperazine rings is 1. The van der Waals surface area contributed by atoms with Crippen molar-refractivity contribution in [3.8, 4) is 0 Å². The largest absolute Gasteiger partial charge is 0.380 e. The lowest BCUT2D eigenvalue weighted by Gasteiger charge is -2.51. The Morgan fingerprint density at radius 3 is 2.65 bits per heavy atom. The smallest absolute Gasteiger partial charge is 0.0593 e. The predicted octanol–water partition coefficient (Wildman–Crippen LogP) is 3.05. The molecule has 20 heavy (non-hydrogen) atoms. The van der Waals surface area contributed by atoms with Crippen molar-refractivity contribution in [3.05, 3.63) is 0 Å². The number of nitrogens with one attached hydrogen (secondary N) is 1. The molecule has 0 radical (unpaired) electrons. The van der Waals surface area contributed by atoms with Crippen molar-refractivity contribution in [1.82, 2.24) is 10.2 Å². The minimum atomic E-state index is 0.437. The van der Waals surface area contributed by atoms with Gasteiger partial charge in [-0.15, -0.1) is 0 Å². The van der Waals surface area contributed by atoms with Crippen molar-refractivity contribution in [2.24, 2.45) is 5.92 Å². The van der Waals surface area contributed by atoms with Crippen LogP contribution in [0.25, 0.3) is 0 Å². The van der Waals surface area contributed by atoms with E-state index in [0.717, 1.165) is 25.7 Å². The summed E-state index contributed by atoms with van der Waals surface area (Å²) in [6.07, 6.45) is 8.16.